The van der Waals surface area contributed by atoms with Gasteiger partial charge in [0.2, 0.25) is 0 Å². The van der Waals surface area contributed by atoms with Crippen LogP contribution >= 0.6 is 15.9 Å². The van der Waals surface area contributed by atoms with E-state index in [0.29, 0.717) is 10.9 Å². The number of ether oxygens (including phenoxy) is 1. The van der Waals surface area contributed by atoms with Gasteiger partial charge in [-0.05, 0) is 37.5 Å². The van der Waals surface area contributed by atoms with Crippen molar-refractivity contribution < 1.29 is 17.9 Å². The van der Waals surface area contributed by atoms with Gasteiger partial charge in [-0.2, -0.15) is 13.2 Å². The van der Waals surface area contributed by atoms with Gasteiger partial charge in [-0.3, -0.25) is 0 Å². The molecule has 0 heterocycles. The van der Waals surface area contributed by atoms with Crippen LogP contribution in [0.15, 0.2) is 22.7 Å². The predicted octanol–water partition coefficient (Wildman–Crippen LogP) is 3.73. The Morgan fingerprint density at radius 3 is 2.56 bits per heavy atom. The first-order valence-corrected chi connectivity index (χ1v) is 6.46. The van der Waals surface area contributed by atoms with Crippen molar-refractivity contribution in [2.45, 2.75) is 37.6 Å². The van der Waals surface area contributed by atoms with E-state index in [0.717, 1.165) is 18.9 Å². The Morgan fingerprint density at radius 2 is 2.00 bits per heavy atom. The van der Waals surface area contributed by atoms with Crippen LogP contribution in [0.4, 0.5) is 13.2 Å². The Bertz CT molecular complexity index is 436. The van der Waals surface area contributed by atoms with Crippen LogP contribution in [0.5, 0.6) is 5.75 Å². The first-order valence-electron chi connectivity index (χ1n) is 5.67. The molecule has 0 bridgehead atoms. The molecule has 1 aromatic carbocycles. The molecule has 2 rings (SSSR count). The van der Waals surface area contributed by atoms with E-state index in [4.69, 9.17) is 10.5 Å². The summed E-state index contributed by atoms with van der Waals surface area (Å²) in [6, 6.07) is 3.52. The zero-order valence-corrected chi connectivity index (χ0v) is 11.1. The first-order chi connectivity index (χ1) is 8.38. The second kappa shape index (κ2) is 5.09. The summed E-state index contributed by atoms with van der Waals surface area (Å²) in [7, 11) is 0. The van der Waals surface area contributed by atoms with Crippen LogP contribution < -0.4 is 10.5 Å². The van der Waals surface area contributed by atoms with Crippen LogP contribution in [0, 0.1) is 0 Å². The number of hydrogen-bond acceptors (Lipinski definition) is 2. The van der Waals surface area contributed by atoms with E-state index in [2.05, 4.69) is 15.9 Å². The number of nitrogens with two attached hydrogens (primary N) is 1. The zero-order valence-electron chi connectivity index (χ0n) is 9.51. The topological polar surface area (TPSA) is 35.2 Å². The Labute approximate surface area is 111 Å². The van der Waals surface area contributed by atoms with Crippen LogP contribution in [0.3, 0.4) is 0 Å². The molecule has 0 amide bonds. The first kappa shape index (κ1) is 13.7. The normalized spacial score (nSPS) is 24.3. The largest absolute Gasteiger partial charge is 0.488 e. The van der Waals surface area contributed by atoms with E-state index >= 15 is 0 Å². The SMILES string of the molecule is NC1CCCC1Oc1cc(Br)ccc1C(F)(F)F. The molecule has 1 aromatic rings. The molecule has 2 nitrogen and oxygen atoms in total. The lowest BCUT2D eigenvalue weighted by Gasteiger charge is -2.21. The lowest BCUT2D eigenvalue weighted by atomic mass is 10.2. The molecule has 18 heavy (non-hydrogen) atoms. The average molecular weight is 324 g/mol. The highest BCUT2D eigenvalue weighted by Crippen LogP contribution is 2.39. The van der Waals surface area contributed by atoms with E-state index in [9.17, 15) is 13.2 Å². The third kappa shape index (κ3) is 2.98. The second-order valence-corrected chi connectivity index (χ2v) is 5.30. The molecule has 100 valence electrons. The van der Waals surface area contributed by atoms with Crippen molar-refractivity contribution in [3.8, 4) is 5.75 Å². The van der Waals surface area contributed by atoms with Gasteiger partial charge in [-0.15, -0.1) is 0 Å². The molecule has 1 aliphatic carbocycles. The van der Waals surface area contributed by atoms with E-state index in [1.165, 1.54) is 12.1 Å². The van der Waals surface area contributed by atoms with Gasteiger partial charge in [-0.25, -0.2) is 0 Å². The smallest absolute Gasteiger partial charge is 0.419 e. The molecule has 0 radical (unpaired) electrons. The van der Waals surface area contributed by atoms with Crippen molar-refractivity contribution in [2.75, 3.05) is 0 Å². The van der Waals surface area contributed by atoms with Gasteiger partial charge >= 0.3 is 6.18 Å². The summed E-state index contributed by atoms with van der Waals surface area (Å²) in [6.45, 7) is 0. The molecular formula is C12H13BrF3NO. The maximum Gasteiger partial charge on any atom is 0.419 e. The Balaban J connectivity index is 2.28. The van der Waals surface area contributed by atoms with Crippen molar-refractivity contribution >= 4 is 15.9 Å². The highest BCUT2D eigenvalue weighted by Gasteiger charge is 2.36. The van der Waals surface area contributed by atoms with Gasteiger partial charge in [0.25, 0.3) is 0 Å². The molecular weight excluding hydrogens is 311 g/mol. The van der Waals surface area contributed by atoms with Gasteiger partial charge in [0.15, 0.2) is 0 Å². The lowest BCUT2D eigenvalue weighted by molar-refractivity contribution is -0.139. The van der Waals surface area contributed by atoms with Crippen LogP contribution in [0.1, 0.15) is 24.8 Å². The summed E-state index contributed by atoms with van der Waals surface area (Å²) in [5.41, 5.74) is 5.05. The summed E-state index contributed by atoms with van der Waals surface area (Å²) >= 11 is 3.15. The molecule has 1 aliphatic rings. The van der Waals surface area contributed by atoms with Gasteiger partial charge in [0, 0.05) is 10.5 Å². The van der Waals surface area contributed by atoms with E-state index < -0.39 is 11.7 Å². The molecule has 0 aromatic heterocycles. The maximum atomic E-state index is 12.8. The van der Waals surface area contributed by atoms with Gasteiger partial charge in [0.05, 0.1) is 5.56 Å². The predicted molar refractivity (Wildman–Crippen MR) is 65.4 cm³/mol. The van der Waals surface area contributed by atoms with Crippen LogP contribution in [-0.4, -0.2) is 12.1 Å². The minimum absolute atomic E-state index is 0.153. The maximum absolute atomic E-state index is 12.8. The van der Waals surface area contributed by atoms with E-state index in [-0.39, 0.29) is 17.9 Å². The summed E-state index contributed by atoms with van der Waals surface area (Å²) in [4.78, 5) is 0. The van der Waals surface area contributed by atoms with Gasteiger partial charge in [0.1, 0.15) is 11.9 Å². The second-order valence-electron chi connectivity index (χ2n) is 4.39. The molecule has 2 unspecified atom stereocenters. The van der Waals surface area contributed by atoms with Crippen molar-refractivity contribution in [2.24, 2.45) is 5.73 Å². The minimum Gasteiger partial charge on any atom is -0.488 e. The summed E-state index contributed by atoms with van der Waals surface area (Å²) < 4.78 is 44.5. The molecule has 2 atom stereocenters. The number of hydrogen-bond donors (Lipinski definition) is 1. The molecule has 0 spiro atoms. The fraction of sp³-hybridized carbons (Fsp3) is 0.500. The van der Waals surface area contributed by atoms with Gasteiger partial charge < -0.3 is 10.5 Å². The molecule has 1 saturated carbocycles. The van der Waals surface area contributed by atoms with Crippen LogP contribution in [-0.2, 0) is 6.18 Å². The number of halogens is 4. The minimum atomic E-state index is -4.42. The summed E-state index contributed by atoms with van der Waals surface area (Å²) in [6.07, 6.45) is -2.37. The van der Waals surface area contributed by atoms with Crippen molar-refractivity contribution in [1.29, 1.82) is 0 Å². The number of rotatable bonds is 2. The highest BCUT2D eigenvalue weighted by molar-refractivity contribution is 9.10. The zero-order chi connectivity index (χ0) is 13.3. The third-order valence-electron chi connectivity index (χ3n) is 3.03. The third-order valence-corrected chi connectivity index (χ3v) is 3.52. The van der Waals surface area contributed by atoms with Crippen LogP contribution in [0.2, 0.25) is 0 Å². The Kier molecular flexibility index (Phi) is 3.87. The Hall–Kier alpha value is -0.750. The van der Waals surface area contributed by atoms with E-state index in [1.54, 1.807) is 0 Å². The van der Waals surface area contributed by atoms with Gasteiger partial charge in [-0.1, -0.05) is 15.9 Å². The standard InChI is InChI=1S/C12H13BrF3NO/c13-7-4-5-8(12(14,15)16)11(6-7)18-10-3-1-2-9(10)17/h4-6,9-10H,1-3,17H2. The molecule has 0 aliphatic heterocycles. The quantitative estimate of drug-likeness (QED) is 0.900. The van der Waals surface area contributed by atoms with Crippen molar-refractivity contribution in [3.05, 3.63) is 28.2 Å². The Morgan fingerprint density at radius 1 is 1.28 bits per heavy atom. The average Bonchev–Trinajstić information content (AvgIpc) is 2.62. The molecule has 1 fully saturated rings. The number of benzene rings is 1. The fourth-order valence-corrected chi connectivity index (χ4v) is 2.43. The van der Waals surface area contributed by atoms with Crippen LogP contribution in [0.25, 0.3) is 0 Å². The molecule has 6 heteroatoms. The summed E-state index contributed by atoms with van der Waals surface area (Å²) in [5.74, 6) is -0.153. The summed E-state index contributed by atoms with van der Waals surface area (Å²) in [5, 5.41) is 0. The molecule has 0 saturated heterocycles. The van der Waals surface area contributed by atoms with Crippen molar-refractivity contribution in [3.63, 3.8) is 0 Å². The van der Waals surface area contributed by atoms with Crippen molar-refractivity contribution in [1.82, 2.24) is 0 Å². The fourth-order valence-electron chi connectivity index (χ4n) is 2.09. The monoisotopic (exact) mass is 323 g/mol. The molecule has 2 N–H and O–H groups in total. The lowest BCUT2D eigenvalue weighted by Crippen LogP contribution is -2.34. The highest BCUT2D eigenvalue weighted by atomic mass is 79.9. The number of alkyl halides is 3. The van der Waals surface area contributed by atoms with E-state index in [1.807, 2.05) is 0 Å².